The highest BCUT2D eigenvalue weighted by atomic mass is 32.1. The fourth-order valence-electron chi connectivity index (χ4n) is 2.06. The van der Waals surface area contributed by atoms with Gasteiger partial charge in [-0.3, -0.25) is 0 Å². The van der Waals surface area contributed by atoms with Gasteiger partial charge in [0.2, 0.25) is 0 Å². The predicted molar refractivity (Wildman–Crippen MR) is 91.4 cm³/mol. The SMILES string of the molecule is Cc1ccc(CCCNC(=S)NCCN(C)C)c(C)c1. The predicted octanol–water partition coefficient (Wildman–Crippen LogP) is 2.26. The van der Waals surface area contributed by atoms with Crippen molar-refractivity contribution < 1.29 is 0 Å². The van der Waals surface area contributed by atoms with Crippen LogP contribution in [-0.4, -0.2) is 43.7 Å². The molecular weight excluding hydrogens is 266 g/mol. The van der Waals surface area contributed by atoms with Crippen LogP contribution in [0.1, 0.15) is 23.1 Å². The average molecular weight is 293 g/mol. The molecule has 0 saturated heterocycles. The van der Waals surface area contributed by atoms with Gasteiger partial charge >= 0.3 is 0 Å². The highest BCUT2D eigenvalue weighted by molar-refractivity contribution is 7.80. The number of benzene rings is 1. The molecule has 0 unspecified atom stereocenters. The zero-order valence-corrected chi connectivity index (χ0v) is 13.9. The van der Waals surface area contributed by atoms with Gasteiger partial charge in [-0.1, -0.05) is 23.8 Å². The molecule has 0 amide bonds. The largest absolute Gasteiger partial charge is 0.363 e. The first kappa shape index (κ1) is 16.9. The third kappa shape index (κ3) is 6.87. The first-order valence-corrected chi connectivity index (χ1v) is 7.62. The van der Waals surface area contributed by atoms with Crippen LogP contribution >= 0.6 is 12.2 Å². The second kappa shape index (κ2) is 8.93. The molecule has 0 bridgehead atoms. The van der Waals surface area contributed by atoms with E-state index in [-0.39, 0.29) is 0 Å². The third-order valence-corrected chi connectivity index (χ3v) is 3.54. The zero-order valence-electron chi connectivity index (χ0n) is 13.1. The lowest BCUT2D eigenvalue weighted by atomic mass is 10.0. The number of nitrogens with one attached hydrogen (secondary N) is 2. The van der Waals surface area contributed by atoms with E-state index in [1.54, 1.807) is 0 Å². The molecule has 112 valence electrons. The van der Waals surface area contributed by atoms with E-state index in [0.29, 0.717) is 0 Å². The van der Waals surface area contributed by atoms with E-state index in [1.165, 1.54) is 16.7 Å². The van der Waals surface area contributed by atoms with Gasteiger partial charge in [0.25, 0.3) is 0 Å². The Hall–Kier alpha value is -1.13. The van der Waals surface area contributed by atoms with Crippen molar-refractivity contribution in [3.05, 3.63) is 34.9 Å². The Morgan fingerprint density at radius 3 is 2.50 bits per heavy atom. The Morgan fingerprint density at radius 2 is 1.85 bits per heavy atom. The van der Waals surface area contributed by atoms with Gasteiger partial charge in [-0.25, -0.2) is 0 Å². The summed E-state index contributed by atoms with van der Waals surface area (Å²) in [5.41, 5.74) is 4.15. The lowest BCUT2D eigenvalue weighted by molar-refractivity contribution is 0.412. The van der Waals surface area contributed by atoms with E-state index in [9.17, 15) is 0 Å². The van der Waals surface area contributed by atoms with Crippen LogP contribution in [0.15, 0.2) is 18.2 Å². The van der Waals surface area contributed by atoms with Crippen LogP contribution in [0.25, 0.3) is 0 Å². The second-order valence-corrected chi connectivity index (χ2v) is 5.93. The molecule has 0 spiro atoms. The Bertz CT molecular complexity index is 430. The van der Waals surface area contributed by atoms with Gasteiger partial charge in [-0.2, -0.15) is 0 Å². The first-order chi connectivity index (χ1) is 9.49. The maximum atomic E-state index is 5.24. The van der Waals surface area contributed by atoms with Crippen LogP contribution in [-0.2, 0) is 6.42 Å². The molecule has 0 aliphatic carbocycles. The summed E-state index contributed by atoms with van der Waals surface area (Å²) in [7, 11) is 4.12. The van der Waals surface area contributed by atoms with Crippen molar-refractivity contribution in [2.45, 2.75) is 26.7 Å². The summed E-state index contributed by atoms with van der Waals surface area (Å²) in [6, 6.07) is 6.66. The topological polar surface area (TPSA) is 27.3 Å². The van der Waals surface area contributed by atoms with Gasteiger partial charge in [0.05, 0.1) is 0 Å². The van der Waals surface area contributed by atoms with E-state index in [1.807, 2.05) is 0 Å². The Balaban J connectivity index is 2.16. The number of hydrogen-bond donors (Lipinski definition) is 2. The van der Waals surface area contributed by atoms with Crippen LogP contribution in [0, 0.1) is 13.8 Å². The van der Waals surface area contributed by atoms with Crippen molar-refractivity contribution in [2.24, 2.45) is 0 Å². The van der Waals surface area contributed by atoms with Gasteiger partial charge in [0.15, 0.2) is 5.11 Å². The summed E-state index contributed by atoms with van der Waals surface area (Å²) < 4.78 is 0. The Morgan fingerprint density at radius 1 is 1.15 bits per heavy atom. The van der Waals surface area contributed by atoms with Crippen molar-refractivity contribution in [2.75, 3.05) is 33.7 Å². The summed E-state index contributed by atoms with van der Waals surface area (Å²) >= 11 is 5.24. The van der Waals surface area contributed by atoms with Gasteiger partial charge in [-0.15, -0.1) is 0 Å². The second-order valence-electron chi connectivity index (χ2n) is 5.52. The molecule has 0 aromatic heterocycles. The molecule has 1 aromatic rings. The van der Waals surface area contributed by atoms with E-state index < -0.39 is 0 Å². The normalized spacial score (nSPS) is 10.7. The maximum Gasteiger partial charge on any atom is 0.166 e. The Labute approximate surface area is 128 Å². The molecule has 0 aliphatic rings. The highest BCUT2D eigenvalue weighted by Crippen LogP contribution is 2.12. The number of rotatable bonds is 7. The summed E-state index contributed by atoms with van der Waals surface area (Å²) in [6.07, 6.45) is 2.19. The minimum Gasteiger partial charge on any atom is -0.363 e. The molecule has 1 aromatic carbocycles. The van der Waals surface area contributed by atoms with Gasteiger partial charge in [0, 0.05) is 19.6 Å². The molecule has 0 atom stereocenters. The molecule has 0 fully saturated rings. The third-order valence-electron chi connectivity index (χ3n) is 3.25. The molecule has 3 nitrogen and oxygen atoms in total. The van der Waals surface area contributed by atoms with Crippen LogP contribution in [0.5, 0.6) is 0 Å². The molecule has 20 heavy (non-hydrogen) atoms. The molecule has 0 aliphatic heterocycles. The van der Waals surface area contributed by atoms with Gasteiger partial charge in [-0.05, 0) is 64.1 Å². The molecule has 2 N–H and O–H groups in total. The standard InChI is InChI=1S/C16H27N3S/c1-13-7-8-15(14(2)12-13)6-5-9-17-16(20)18-10-11-19(3)4/h7-8,12H,5-6,9-11H2,1-4H3,(H2,17,18,20). The molecule has 0 saturated carbocycles. The lowest BCUT2D eigenvalue weighted by Crippen LogP contribution is -2.39. The van der Waals surface area contributed by atoms with Crippen molar-refractivity contribution in [1.29, 1.82) is 0 Å². The van der Waals surface area contributed by atoms with Crippen LogP contribution in [0.2, 0.25) is 0 Å². The van der Waals surface area contributed by atoms with E-state index in [4.69, 9.17) is 12.2 Å². The van der Waals surface area contributed by atoms with Gasteiger partial charge in [0.1, 0.15) is 0 Å². The molecule has 0 radical (unpaired) electrons. The molecule has 4 heteroatoms. The summed E-state index contributed by atoms with van der Waals surface area (Å²) in [4.78, 5) is 2.13. The maximum absolute atomic E-state index is 5.24. The molecule has 1 rings (SSSR count). The summed E-state index contributed by atoms with van der Waals surface area (Å²) in [5, 5.41) is 7.23. The van der Waals surface area contributed by atoms with E-state index in [2.05, 4.69) is 61.7 Å². The van der Waals surface area contributed by atoms with E-state index >= 15 is 0 Å². The minimum atomic E-state index is 0.757. The zero-order chi connectivity index (χ0) is 15.0. The van der Waals surface area contributed by atoms with Gasteiger partial charge < -0.3 is 15.5 Å². The van der Waals surface area contributed by atoms with Crippen LogP contribution in [0.4, 0.5) is 0 Å². The minimum absolute atomic E-state index is 0.757. The number of aryl methyl sites for hydroxylation is 3. The lowest BCUT2D eigenvalue weighted by Gasteiger charge is -2.13. The molecule has 0 heterocycles. The smallest absolute Gasteiger partial charge is 0.166 e. The number of thiocarbonyl (C=S) groups is 1. The fourth-order valence-corrected chi connectivity index (χ4v) is 2.27. The van der Waals surface area contributed by atoms with Crippen molar-refractivity contribution in [1.82, 2.24) is 15.5 Å². The van der Waals surface area contributed by atoms with Crippen molar-refractivity contribution in [3.8, 4) is 0 Å². The summed E-state index contributed by atoms with van der Waals surface area (Å²) in [6.45, 7) is 7.11. The van der Waals surface area contributed by atoms with E-state index in [0.717, 1.165) is 37.6 Å². The van der Waals surface area contributed by atoms with Crippen LogP contribution in [0.3, 0.4) is 0 Å². The number of likely N-dealkylation sites (N-methyl/N-ethyl adjacent to an activating group) is 1. The first-order valence-electron chi connectivity index (χ1n) is 7.21. The highest BCUT2D eigenvalue weighted by Gasteiger charge is 1.99. The Kier molecular flexibility index (Phi) is 7.55. The van der Waals surface area contributed by atoms with Crippen molar-refractivity contribution >= 4 is 17.3 Å². The monoisotopic (exact) mass is 293 g/mol. The summed E-state index contributed by atoms with van der Waals surface area (Å²) in [5.74, 6) is 0. The number of hydrogen-bond acceptors (Lipinski definition) is 2. The average Bonchev–Trinajstić information content (AvgIpc) is 2.36. The van der Waals surface area contributed by atoms with Crippen molar-refractivity contribution in [3.63, 3.8) is 0 Å². The molecular formula is C16H27N3S. The fraction of sp³-hybridized carbons (Fsp3) is 0.562. The number of nitrogens with zero attached hydrogens (tertiary/aromatic N) is 1. The quantitative estimate of drug-likeness (QED) is 0.596. The van der Waals surface area contributed by atoms with Crippen LogP contribution < -0.4 is 10.6 Å².